The smallest absolute Gasteiger partial charge is 0.238 e. The lowest BCUT2D eigenvalue weighted by Crippen LogP contribution is -2.13. The van der Waals surface area contributed by atoms with Crippen LogP contribution in [0.15, 0.2) is 24.3 Å². The lowest BCUT2D eigenvalue weighted by molar-refractivity contribution is 0.414. The van der Waals surface area contributed by atoms with Gasteiger partial charge in [0.25, 0.3) is 0 Å². The van der Waals surface area contributed by atoms with Crippen molar-refractivity contribution in [3.63, 3.8) is 0 Å². The second kappa shape index (κ2) is 5.18. The molecule has 18 heavy (non-hydrogen) atoms. The van der Waals surface area contributed by atoms with Gasteiger partial charge in [0, 0.05) is 23.4 Å². The molecule has 0 aliphatic rings. The standard InChI is InChI=1S/C13H16FN3O/c1-8-7-12(17-16-8)18-13-10(9(2)15-3)5-4-6-11(13)14/h4-7,9,15H,1-3H3,(H,16,17). The molecule has 0 radical (unpaired) electrons. The second-order valence-electron chi connectivity index (χ2n) is 4.16. The second-order valence-corrected chi connectivity index (χ2v) is 4.16. The number of ether oxygens (including phenoxy) is 1. The third kappa shape index (κ3) is 2.51. The molecule has 2 rings (SSSR count). The maximum absolute atomic E-state index is 13.8. The lowest BCUT2D eigenvalue weighted by Gasteiger charge is -2.15. The molecule has 0 bridgehead atoms. The Bertz CT molecular complexity index is 539. The van der Waals surface area contributed by atoms with Crippen LogP contribution in [0.4, 0.5) is 4.39 Å². The number of halogens is 1. The van der Waals surface area contributed by atoms with Gasteiger partial charge in [0.05, 0.1) is 0 Å². The highest BCUT2D eigenvalue weighted by Gasteiger charge is 2.16. The summed E-state index contributed by atoms with van der Waals surface area (Å²) in [4.78, 5) is 0. The summed E-state index contributed by atoms with van der Waals surface area (Å²) in [5.41, 5.74) is 1.63. The molecule has 0 saturated heterocycles. The summed E-state index contributed by atoms with van der Waals surface area (Å²) in [5.74, 6) is 0.184. The van der Waals surface area contributed by atoms with Crippen molar-refractivity contribution >= 4 is 0 Å². The number of rotatable bonds is 4. The van der Waals surface area contributed by atoms with Crippen molar-refractivity contribution < 1.29 is 9.13 Å². The van der Waals surface area contributed by atoms with Crippen molar-refractivity contribution in [2.24, 2.45) is 0 Å². The van der Waals surface area contributed by atoms with Gasteiger partial charge in [-0.05, 0) is 27.0 Å². The van der Waals surface area contributed by atoms with Crippen LogP contribution in [-0.2, 0) is 0 Å². The van der Waals surface area contributed by atoms with Crippen LogP contribution in [0, 0.1) is 12.7 Å². The van der Waals surface area contributed by atoms with Gasteiger partial charge in [-0.15, -0.1) is 5.10 Å². The van der Waals surface area contributed by atoms with Crippen LogP contribution in [0.1, 0.15) is 24.2 Å². The number of nitrogens with zero attached hydrogens (tertiary/aromatic N) is 1. The molecule has 0 spiro atoms. The van der Waals surface area contributed by atoms with Crippen LogP contribution < -0.4 is 10.1 Å². The maximum Gasteiger partial charge on any atom is 0.238 e. The zero-order valence-electron chi connectivity index (χ0n) is 10.6. The highest BCUT2D eigenvalue weighted by molar-refractivity contribution is 5.39. The van der Waals surface area contributed by atoms with Crippen LogP contribution in [0.2, 0.25) is 0 Å². The van der Waals surface area contributed by atoms with E-state index in [0.29, 0.717) is 5.88 Å². The van der Waals surface area contributed by atoms with E-state index in [-0.39, 0.29) is 11.8 Å². The number of aromatic nitrogens is 2. The van der Waals surface area contributed by atoms with Crippen LogP contribution in [0.3, 0.4) is 0 Å². The summed E-state index contributed by atoms with van der Waals surface area (Å²) in [6.07, 6.45) is 0. The van der Waals surface area contributed by atoms with Crippen molar-refractivity contribution in [3.8, 4) is 11.6 Å². The van der Waals surface area contributed by atoms with E-state index in [4.69, 9.17) is 4.74 Å². The van der Waals surface area contributed by atoms with Gasteiger partial charge in [-0.2, -0.15) is 0 Å². The molecule has 0 saturated carbocycles. The number of hydrogen-bond acceptors (Lipinski definition) is 3. The van der Waals surface area contributed by atoms with Gasteiger partial charge in [0.1, 0.15) is 0 Å². The number of hydrogen-bond donors (Lipinski definition) is 2. The molecule has 0 aliphatic heterocycles. The van der Waals surface area contributed by atoms with Crippen molar-refractivity contribution in [3.05, 3.63) is 41.3 Å². The first-order chi connectivity index (χ1) is 8.61. The molecule has 0 aliphatic carbocycles. The number of aryl methyl sites for hydroxylation is 1. The van der Waals surface area contributed by atoms with E-state index in [1.165, 1.54) is 6.07 Å². The fourth-order valence-corrected chi connectivity index (χ4v) is 1.68. The topological polar surface area (TPSA) is 49.9 Å². The van der Waals surface area contributed by atoms with Crippen molar-refractivity contribution in [1.29, 1.82) is 0 Å². The highest BCUT2D eigenvalue weighted by Crippen LogP contribution is 2.31. The SMILES string of the molecule is CNC(C)c1cccc(F)c1Oc1cc(C)[nH]n1. The van der Waals surface area contributed by atoms with E-state index in [2.05, 4.69) is 15.5 Å². The number of aromatic amines is 1. The van der Waals surface area contributed by atoms with E-state index >= 15 is 0 Å². The van der Waals surface area contributed by atoms with Crippen LogP contribution in [0.25, 0.3) is 0 Å². The Morgan fingerprint density at radius 2 is 2.22 bits per heavy atom. The highest BCUT2D eigenvalue weighted by atomic mass is 19.1. The minimum atomic E-state index is -0.393. The van der Waals surface area contributed by atoms with Gasteiger partial charge in [0.15, 0.2) is 11.6 Å². The molecule has 2 aromatic rings. The van der Waals surface area contributed by atoms with Crippen molar-refractivity contribution in [2.45, 2.75) is 19.9 Å². The quantitative estimate of drug-likeness (QED) is 0.876. The Hall–Kier alpha value is -1.88. The van der Waals surface area contributed by atoms with Crippen LogP contribution in [-0.4, -0.2) is 17.2 Å². The summed E-state index contributed by atoms with van der Waals surface area (Å²) >= 11 is 0. The molecule has 1 atom stereocenters. The Labute approximate surface area is 105 Å². The lowest BCUT2D eigenvalue weighted by atomic mass is 10.1. The van der Waals surface area contributed by atoms with Gasteiger partial charge in [-0.1, -0.05) is 12.1 Å². The molecule has 1 aromatic carbocycles. The molecule has 0 amide bonds. The molecule has 4 nitrogen and oxygen atoms in total. The predicted molar refractivity (Wildman–Crippen MR) is 67.3 cm³/mol. The maximum atomic E-state index is 13.8. The average molecular weight is 249 g/mol. The summed E-state index contributed by atoms with van der Waals surface area (Å²) in [6, 6.07) is 6.59. The number of H-pyrrole nitrogens is 1. The summed E-state index contributed by atoms with van der Waals surface area (Å²) in [5, 5.41) is 9.77. The minimum Gasteiger partial charge on any atom is -0.434 e. The predicted octanol–water partition coefficient (Wildman–Crippen LogP) is 2.93. The fourth-order valence-electron chi connectivity index (χ4n) is 1.68. The van der Waals surface area contributed by atoms with E-state index < -0.39 is 5.82 Å². The van der Waals surface area contributed by atoms with Gasteiger partial charge in [-0.3, -0.25) is 5.10 Å². The fraction of sp³-hybridized carbons (Fsp3) is 0.308. The number of para-hydroxylation sites is 1. The molecular weight excluding hydrogens is 233 g/mol. The minimum absolute atomic E-state index is 0.00395. The summed E-state index contributed by atoms with van der Waals surface area (Å²) in [6.45, 7) is 3.80. The van der Waals surface area contributed by atoms with Crippen molar-refractivity contribution in [1.82, 2.24) is 15.5 Å². The largest absolute Gasteiger partial charge is 0.434 e. The van der Waals surface area contributed by atoms with Crippen LogP contribution in [0.5, 0.6) is 11.6 Å². The normalized spacial score (nSPS) is 12.4. The molecule has 2 N–H and O–H groups in total. The van der Waals surface area contributed by atoms with Gasteiger partial charge >= 0.3 is 0 Å². The Balaban J connectivity index is 2.36. The Morgan fingerprint density at radius 3 is 2.83 bits per heavy atom. The first kappa shape index (κ1) is 12.6. The van der Waals surface area contributed by atoms with Crippen LogP contribution >= 0.6 is 0 Å². The van der Waals surface area contributed by atoms with E-state index in [0.717, 1.165) is 11.3 Å². The first-order valence-electron chi connectivity index (χ1n) is 5.77. The molecule has 5 heteroatoms. The van der Waals surface area contributed by atoms with Crippen molar-refractivity contribution in [2.75, 3.05) is 7.05 Å². The monoisotopic (exact) mass is 249 g/mol. The molecule has 1 heterocycles. The Kier molecular flexibility index (Phi) is 3.62. The zero-order chi connectivity index (χ0) is 13.1. The molecule has 96 valence electrons. The third-order valence-corrected chi connectivity index (χ3v) is 2.79. The first-order valence-corrected chi connectivity index (χ1v) is 5.77. The number of benzene rings is 1. The molecule has 0 fully saturated rings. The molecule has 1 unspecified atom stereocenters. The average Bonchev–Trinajstić information content (AvgIpc) is 2.76. The zero-order valence-corrected chi connectivity index (χ0v) is 10.6. The van der Waals surface area contributed by atoms with Gasteiger partial charge in [0.2, 0.25) is 5.88 Å². The molecular formula is C13H16FN3O. The number of nitrogens with one attached hydrogen (secondary N) is 2. The third-order valence-electron chi connectivity index (χ3n) is 2.79. The van der Waals surface area contributed by atoms with E-state index in [1.54, 1.807) is 12.1 Å². The van der Waals surface area contributed by atoms with Gasteiger partial charge < -0.3 is 10.1 Å². The molecule has 1 aromatic heterocycles. The van der Waals surface area contributed by atoms with E-state index in [1.807, 2.05) is 27.0 Å². The van der Waals surface area contributed by atoms with Gasteiger partial charge in [-0.25, -0.2) is 4.39 Å². The summed E-state index contributed by atoms with van der Waals surface area (Å²) < 4.78 is 19.4. The Morgan fingerprint density at radius 1 is 1.44 bits per heavy atom. The summed E-state index contributed by atoms with van der Waals surface area (Å²) in [7, 11) is 1.82. The van der Waals surface area contributed by atoms with E-state index in [9.17, 15) is 4.39 Å².